The number of para-hydroxylation sites is 1. The summed E-state index contributed by atoms with van der Waals surface area (Å²) in [6, 6.07) is 8.10. The van der Waals surface area contributed by atoms with Crippen molar-refractivity contribution < 1.29 is 14.7 Å². The lowest BCUT2D eigenvalue weighted by Gasteiger charge is -2.15. The van der Waals surface area contributed by atoms with Gasteiger partial charge in [0.2, 0.25) is 5.91 Å². The number of carbonyl (C=O) groups is 2. The van der Waals surface area contributed by atoms with E-state index in [-0.39, 0.29) is 36.6 Å². The Hall–Kier alpha value is -1.37. The number of carboxylic acids is 1. The first-order valence-electron chi connectivity index (χ1n) is 7.98. The number of hydrogen-bond donors (Lipinski definition) is 1. The number of rotatable bonds is 6. The number of unbranched alkanes of at least 4 members (excludes halogenated alkanes) is 1. The van der Waals surface area contributed by atoms with Crippen LogP contribution in [0.2, 0.25) is 0 Å². The van der Waals surface area contributed by atoms with E-state index in [1.807, 2.05) is 18.2 Å². The van der Waals surface area contributed by atoms with Gasteiger partial charge in [-0.15, -0.1) is 36.2 Å². The number of thiazole rings is 1. The Morgan fingerprint density at radius 2 is 2.00 bits per heavy atom. The molecule has 1 aromatic carbocycles. The normalized spacial score (nSPS) is 16.3. The number of aromatic nitrogens is 1. The summed E-state index contributed by atoms with van der Waals surface area (Å²) in [5.41, 5.74) is 1.04. The number of carboxylic acid groups (broad SMARTS) is 1. The predicted octanol–water partition coefficient (Wildman–Crippen LogP) is 3.79. The van der Waals surface area contributed by atoms with Gasteiger partial charge in [0.15, 0.2) is 0 Å². The summed E-state index contributed by atoms with van der Waals surface area (Å²) >= 11 is 1.71. The van der Waals surface area contributed by atoms with E-state index in [2.05, 4.69) is 11.1 Å². The van der Waals surface area contributed by atoms with E-state index in [0.717, 1.165) is 29.8 Å². The van der Waals surface area contributed by atoms with Crippen LogP contribution in [0.4, 0.5) is 0 Å². The van der Waals surface area contributed by atoms with Crippen molar-refractivity contribution in [1.82, 2.24) is 9.88 Å². The SMILES string of the molecule is Cl.Cl.O=C(O)C1CCN(C(=O)CCCCc2nc3ccccc3s2)C1. The molecule has 0 spiro atoms. The Morgan fingerprint density at radius 1 is 1.24 bits per heavy atom. The fourth-order valence-corrected chi connectivity index (χ4v) is 3.93. The molecule has 1 aromatic heterocycles. The minimum Gasteiger partial charge on any atom is -0.481 e. The van der Waals surface area contributed by atoms with Crippen LogP contribution in [0.25, 0.3) is 10.2 Å². The zero-order chi connectivity index (χ0) is 16.2. The lowest BCUT2D eigenvalue weighted by atomic mass is 10.1. The number of fused-ring (bicyclic) bond motifs is 1. The highest BCUT2D eigenvalue weighted by molar-refractivity contribution is 7.18. The molecule has 2 heterocycles. The van der Waals surface area contributed by atoms with Crippen LogP contribution in [0, 0.1) is 5.92 Å². The number of carbonyl (C=O) groups excluding carboxylic acids is 1. The Balaban J connectivity index is 0.00000156. The van der Waals surface area contributed by atoms with Crippen LogP contribution < -0.4 is 0 Å². The van der Waals surface area contributed by atoms with Gasteiger partial charge in [0, 0.05) is 19.5 Å². The average Bonchev–Trinajstić information content (AvgIpc) is 3.17. The fraction of sp³-hybridized carbons (Fsp3) is 0.471. The Morgan fingerprint density at radius 3 is 2.68 bits per heavy atom. The second-order valence-corrected chi connectivity index (χ2v) is 7.06. The van der Waals surface area contributed by atoms with Crippen molar-refractivity contribution in [2.45, 2.75) is 32.1 Å². The number of aliphatic carboxylic acids is 1. The third-order valence-corrected chi connectivity index (χ3v) is 5.36. The maximum absolute atomic E-state index is 12.1. The van der Waals surface area contributed by atoms with Crippen LogP contribution in [0.3, 0.4) is 0 Å². The minimum atomic E-state index is -0.795. The molecule has 1 fully saturated rings. The van der Waals surface area contributed by atoms with Crippen LogP contribution in [0.5, 0.6) is 0 Å². The second-order valence-electron chi connectivity index (χ2n) is 5.95. The quantitative estimate of drug-likeness (QED) is 0.743. The minimum absolute atomic E-state index is 0. The van der Waals surface area contributed by atoms with Gasteiger partial charge in [-0.1, -0.05) is 12.1 Å². The molecular formula is C17H22Cl2N2O3S. The molecule has 2 aromatic rings. The topological polar surface area (TPSA) is 70.5 Å². The van der Waals surface area contributed by atoms with Crippen molar-refractivity contribution in [3.63, 3.8) is 0 Å². The van der Waals surface area contributed by atoms with Crippen LogP contribution in [-0.2, 0) is 16.0 Å². The average molecular weight is 405 g/mol. The molecule has 1 atom stereocenters. The number of hydrogen-bond acceptors (Lipinski definition) is 4. The van der Waals surface area contributed by atoms with Crippen molar-refractivity contribution in [2.75, 3.05) is 13.1 Å². The first-order chi connectivity index (χ1) is 11.1. The number of nitrogens with zero attached hydrogens (tertiary/aromatic N) is 2. The highest BCUT2D eigenvalue weighted by Crippen LogP contribution is 2.23. The summed E-state index contributed by atoms with van der Waals surface area (Å²) in [7, 11) is 0. The van der Waals surface area contributed by atoms with E-state index in [1.165, 1.54) is 4.70 Å². The summed E-state index contributed by atoms with van der Waals surface area (Å²) in [4.78, 5) is 29.3. The zero-order valence-electron chi connectivity index (χ0n) is 13.7. The van der Waals surface area contributed by atoms with Crippen LogP contribution in [0.15, 0.2) is 24.3 Å². The molecule has 1 unspecified atom stereocenters. The maximum atomic E-state index is 12.1. The van der Waals surface area contributed by atoms with Crippen molar-refractivity contribution in [1.29, 1.82) is 0 Å². The van der Waals surface area contributed by atoms with Gasteiger partial charge in [-0.3, -0.25) is 9.59 Å². The molecule has 5 nitrogen and oxygen atoms in total. The smallest absolute Gasteiger partial charge is 0.308 e. The molecule has 8 heteroatoms. The molecule has 0 saturated carbocycles. The van der Waals surface area contributed by atoms with Crippen LogP contribution >= 0.6 is 36.2 Å². The van der Waals surface area contributed by atoms with Gasteiger partial charge in [0.05, 0.1) is 21.1 Å². The van der Waals surface area contributed by atoms with E-state index < -0.39 is 5.97 Å². The molecule has 1 aliphatic rings. The summed E-state index contributed by atoms with van der Waals surface area (Å²) in [5.74, 6) is -1.10. The van der Waals surface area contributed by atoms with E-state index in [4.69, 9.17) is 5.11 Å². The molecule has 1 amide bonds. The Kier molecular flexibility index (Phi) is 8.62. The van der Waals surface area contributed by atoms with E-state index in [1.54, 1.807) is 16.2 Å². The van der Waals surface area contributed by atoms with Crippen molar-refractivity contribution in [2.24, 2.45) is 5.92 Å². The molecule has 0 bridgehead atoms. The molecule has 1 saturated heterocycles. The molecule has 0 aliphatic carbocycles. The van der Waals surface area contributed by atoms with Gasteiger partial charge in [0.1, 0.15) is 0 Å². The van der Waals surface area contributed by atoms with Gasteiger partial charge < -0.3 is 10.0 Å². The first-order valence-corrected chi connectivity index (χ1v) is 8.80. The number of benzene rings is 1. The van der Waals surface area contributed by atoms with E-state index in [9.17, 15) is 9.59 Å². The predicted molar refractivity (Wildman–Crippen MR) is 104 cm³/mol. The van der Waals surface area contributed by atoms with Gasteiger partial charge >= 0.3 is 5.97 Å². The fourth-order valence-electron chi connectivity index (χ4n) is 2.93. The molecule has 0 radical (unpaired) electrons. The Labute approximate surface area is 163 Å². The van der Waals surface area contributed by atoms with Crippen molar-refractivity contribution in [3.05, 3.63) is 29.3 Å². The lowest BCUT2D eigenvalue weighted by Crippen LogP contribution is -2.29. The largest absolute Gasteiger partial charge is 0.481 e. The molecule has 25 heavy (non-hydrogen) atoms. The highest BCUT2D eigenvalue weighted by Gasteiger charge is 2.30. The standard InChI is InChI=1S/C17H20N2O3S.2ClH/c20-16(19-10-9-12(11-19)17(21)22)8-4-3-7-15-18-13-5-1-2-6-14(13)23-15;;/h1-2,5-6,12H,3-4,7-11H2,(H,21,22);2*1H. The first kappa shape index (κ1) is 21.7. The number of aryl methyl sites for hydroxylation is 1. The van der Waals surface area contributed by atoms with E-state index >= 15 is 0 Å². The van der Waals surface area contributed by atoms with Crippen molar-refractivity contribution >= 4 is 58.2 Å². The monoisotopic (exact) mass is 404 g/mol. The summed E-state index contributed by atoms with van der Waals surface area (Å²) in [6.07, 6.45) is 3.72. The molecule has 138 valence electrons. The Bertz CT molecular complexity index is 690. The lowest BCUT2D eigenvalue weighted by molar-refractivity contribution is -0.141. The molecule has 1 N–H and O–H groups in total. The van der Waals surface area contributed by atoms with Crippen LogP contribution in [0.1, 0.15) is 30.7 Å². The molecular weight excluding hydrogens is 383 g/mol. The van der Waals surface area contributed by atoms with Gasteiger partial charge in [-0.2, -0.15) is 0 Å². The summed E-state index contributed by atoms with van der Waals surface area (Å²) in [6.45, 7) is 0.944. The zero-order valence-corrected chi connectivity index (χ0v) is 16.2. The summed E-state index contributed by atoms with van der Waals surface area (Å²) < 4.78 is 1.20. The number of amides is 1. The second kappa shape index (κ2) is 9.94. The van der Waals surface area contributed by atoms with E-state index in [0.29, 0.717) is 25.9 Å². The number of likely N-dealkylation sites (tertiary alicyclic amines) is 1. The number of halogens is 2. The van der Waals surface area contributed by atoms with Gasteiger partial charge in [-0.25, -0.2) is 4.98 Å². The van der Waals surface area contributed by atoms with Crippen LogP contribution in [-0.4, -0.2) is 40.0 Å². The third kappa shape index (κ3) is 5.56. The van der Waals surface area contributed by atoms with Gasteiger partial charge in [-0.05, 0) is 37.8 Å². The molecule has 3 rings (SSSR count). The summed E-state index contributed by atoms with van der Waals surface area (Å²) in [5, 5.41) is 10.1. The maximum Gasteiger partial charge on any atom is 0.308 e. The third-order valence-electron chi connectivity index (χ3n) is 4.26. The highest BCUT2D eigenvalue weighted by atomic mass is 35.5. The molecule has 1 aliphatic heterocycles. The van der Waals surface area contributed by atoms with Gasteiger partial charge in [0.25, 0.3) is 0 Å². The van der Waals surface area contributed by atoms with Crippen molar-refractivity contribution in [3.8, 4) is 0 Å².